The fourth-order valence-corrected chi connectivity index (χ4v) is 1.95. The number of hydrogen-bond acceptors (Lipinski definition) is 5. The summed E-state index contributed by atoms with van der Waals surface area (Å²) in [6.07, 6.45) is 4.10. The van der Waals surface area contributed by atoms with Crippen molar-refractivity contribution in [2.45, 2.75) is 20.0 Å². The molecular weight excluding hydrogens is 306 g/mol. The number of esters is 1. The molecule has 1 aromatic heterocycles. The molecule has 6 nitrogen and oxygen atoms in total. The largest absolute Gasteiger partial charge is 0.495 e. The average Bonchev–Trinajstić information content (AvgIpc) is 2.93. The molecule has 0 aliphatic heterocycles. The van der Waals surface area contributed by atoms with Gasteiger partial charge in [-0.1, -0.05) is 11.6 Å². The van der Waals surface area contributed by atoms with E-state index in [1.807, 2.05) is 0 Å². The topological polar surface area (TPSA) is 66.2 Å². The number of methoxy groups -OCH3 is 1. The standard InChI is InChI=1S/C15H16ClN3O3/c1-10(2)22-14(20)6-7-19-9-17-15(18-19)11-4-5-13(21-3)12(16)8-11/h4-10H,1-3H3/b7-6-. The Morgan fingerprint density at radius 2 is 2.18 bits per heavy atom. The van der Waals surface area contributed by atoms with E-state index >= 15 is 0 Å². The number of carbonyl (C=O) groups is 1. The third-order valence-corrected chi connectivity index (χ3v) is 2.93. The molecule has 0 aliphatic rings. The van der Waals surface area contributed by atoms with Crippen molar-refractivity contribution >= 4 is 23.8 Å². The Balaban J connectivity index is 2.13. The highest BCUT2D eigenvalue weighted by molar-refractivity contribution is 6.32. The Kier molecular flexibility index (Phi) is 5.16. The minimum Gasteiger partial charge on any atom is -0.495 e. The molecule has 0 atom stereocenters. The van der Waals surface area contributed by atoms with Crippen molar-refractivity contribution in [1.29, 1.82) is 0 Å². The van der Waals surface area contributed by atoms with E-state index in [1.54, 1.807) is 39.2 Å². The van der Waals surface area contributed by atoms with Gasteiger partial charge in [-0.05, 0) is 32.0 Å². The molecule has 1 aromatic carbocycles. The highest BCUT2D eigenvalue weighted by Gasteiger charge is 2.07. The average molecular weight is 322 g/mol. The van der Waals surface area contributed by atoms with Crippen LogP contribution in [-0.2, 0) is 9.53 Å². The molecule has 0 saturated carbocycles. The van der Waals surface area contributed by atoms with Crippen molar-refractivity contribution in [3.63, 3.8) is 0 Å². The summed E-state index contributed by atoms with van der Waals surface area (Å²) in [6.45, 7) is 3.57. The molecule has 0 saturated heterocycles. The van der Waals surface area contributed by atoms with Gasteiger partial charge in [0.15, 0.2) is 5.82 Å². The molecule has 2 aromatic rings. The Hall–Kier alpha value is -2.34. The van der Waals surface area contributed by atoms with Crippen LogP contribution in [0.5, 0.6) is 5.75 Å². The number of halogens is 1. The van der Waals surface area contributed by atoms with Crippen molar-refractivity contribution in [3.8, 4) is 17.1 Å². The molecule has 0 radical (unpaired) electrons. The summed E-state index contributed by atoms with van der Waals surface area (Å²) < 4.78 is 11.5. The van der Waals surface area contributed by atoms with E-state index in [-0.39, 0.29) is 6.10 Å². The summed E-state index contributed by atoms with van der Waals surface area (Å²) in [5.74, 6) is 0.646. The zero-order valence-electron chi connectivity index (χ0n) is 12.5. The predicted molar refractivity (Wildman–Crippen MR) is 83.6 cm³/mol. The summed E-state index contributed by atoms with van der Waals surface area (Å²) in [4.78, 5) is 15.6. The molecule has 0 amide bonds. The zero-order valence-corrected chi connectivity index (χ0v) is 13.2. The molecule has 0 bridgehead atoms. The van der Waals surface area contributed by atoms with Crippen molar-refractivity contribution in [2.75, 3.05) is 7.11 Å². The lowest BCUT2D eigenvalue weighted by atomic mass is 10.2. The second-order valence-corrected chi connectivity index (χ2v) is 5.11. The second kappa shape index (κ2) is 7.09. The van der Waals surface area contributed by atoms with Gasteiger partial charge in [0.25, 0.3) is 0 Å². The molecule has 0 aliphatic carbocycles. The first kappa shape index (κ1) is 16.0. The number of benzene rings is 1. The van der Waals surface area contributed by atoms with E-state index in [2.05, 4.69) is 10.1 Å². The van der Waals surface area contributed by atoms with Gasteiger partial charge in [0.2, 0.25) is 0 Å². The lowest BCUT2D eigenvalue weighted by Gasteiger charge is -2.03. The fourth-order valence-electron chi connectivity index (χ4n) is 1.69. The van der Waals surface area contributed by atoms with Crippen LogP contribution in [0.4, 0.5) is 0 Å². The molecule has 1 heterocycles. The summed E-state index contributed by atoms with van der Waals surface area (Å²) in [7, 11) is 1.55. The van der Waals surface area contributed by atoms with Gasteiger partial charge in [-0.2, -0.15) is 0 Å². The van der Waals surface area contributed by atoms with Crippen molar-refractivity contribution in [2.24, 2.45) is 0 Å². The molecular formula is C15H16ClN3O3. The molecule has 116 valence electrons. The van der Waals surface area contributed by atoms with E-state index < -0.39 is 5.97 Å². The highest BCUT2D eigenvalue weighted by atomic mass is 35.5. The first-order valence-electron chi connectivity index (χ1n) is 6.63. The van der Waals surface area contributed by atoms with E-state index in [1.165, 1.54) is 23.3 Å². The zero-order chi connectivity index (χ0) is 16.1. The van der Waals surface area contributed by atoms with Crippen LogP contribution in [0, 0.1) is 0 Å². The number of hydrogen-bond donors (Lipinski definition) is 0. The molecule has 22 heavy (non-hydrogen) atoms. The van der Waals surface area contributed by atoms with Gasteiger partial charge in [-0.3, -0.25) is 0 Å². The second-order valence-electron chi connectivity index (χ2n) is 4.70. The molecule has 0 fully saturated rings. The lowest BCUT2D eigenvalue weighted by Crippen LogP contribution is -2.08. The third-order valence-electron chi connectivity index (χ3n) is 2.63. The Bertz CT molecular complexity index is 695. The summed E-state index contributed by atoms with van der Waals surface area (Å²) in [5.41, 5.74) is 0.753. The summed E-state index contributed by atoms with van der Waals surface area (Å²) in [5, 5.41) is 4.72. The smallest absolute Gasteiger partial charge is 0.332 e. The minimum absolute atomic E-state index is 0.162. The summed E-state index contributed by atoms with van der Waals surface area (Å²) >= 11 is 6.07. The van der Waals surface area contributed by atoms with Crippen LogP contribution in [0.3, 0.4) is 0 Å². The maximum Gasteiger partial charge on any atom is 0.332 e. The number of carbonyl (C=O) groups excluding carboxylic acids is 1. The Morgan fingerprint density at radius 3 is 2.82 bits per heavy atom. The molecule has 0 N–H and O–H groups in total. The van der Waals surface area contributed by atoms with Gasteiger partial charge in [0.05, 0.1) is 18.2 Å². The molecule has 0 unspecified atom stereocenters. The SMILES string of the molecule is COc1ccc(-c2ncn(/C=C\C(=O)OC(C)C)n2)cc1Cl. The van der Waals surface area contributed by atoms with Gasteiger partial charge < -0.3 is 9.47 Å². The van der Waals surface area contributed by atoms with E-state index in [0.29, 0.717) is 16.6 Å². The minimum atomic E-state index is -0.431. The third kappa shape index (κ3) is 4.08. The van der Waals surface area contributed by atoms with Crippen molar-refractivity contribution in [1.82, 2.24) is 14.8 Å². The van der Waals surface area contributed by atoms with Crippen LogP contribution in [0.15, 0.2) is 30.6 Å². The van der Waals surface area contributed by atoms with Gasteiger partial charge in [-0.25, -0.2) is 14.5 Å². The van der Waals surface area contributed by atoms with Crippen molar-refractivity contribution in [3.05, 3.63) is 35.6 Å². The number of nitrogens with zero attached hydrogens (tertiary/aromatic N) is 3. The number of aromatic nitrogens is 3. The van der Waals surface area contributed by atoms with E-state index in [9.17, 15) is 4.79 Å². The monoisotopic (exact) mass is 321 g/mol. The Morgan fingerprint density at radius 1 is 1.41 bits per heavy atom. The first-order chi connectivity index (χ1) is 10.5. The van der Waals surface area contributed by atoms with E-state index in [0.717, 1.165) is 5.56 Å². The normalized spacial score (nSPS) is 11.1. The molecule has 2 rings (SSSR count). The van der Waals surface area contributed by atoms with Gasteiger partial charge in [-0.15, -0.1) is 5.10 Å². The van der Waals surface area contributed by atoms with Crippen LogP contribution >= 0.6 is 11.6 Å². The van der Waals surface area contributed by atoms with Crippen LogP contribution in [0.25, 0.3) is 17.6 Å². The fraction of sp³-hybridized carbons (Fsp3) is 0.267. The van der Waals surface area contributed by atoms with Gasteiger partial charge in [0.1, 0.15) is 12.1 Å². The summed E-state index contributed by atoms with van der Waals surface area (Å²) in [6, 6.07) is 5.27. The van der Waals surface area contributed by atoms with Crippen LogP contribution in [-0.4, -0.2) is 33.9 Å². The highest BCUT2D eigenvalue weighted by Crippen LogP contribution is 2.28. The quantitative estimate of drug-likeness (QED) is 0.625. The van der Waals surface area contributed by atoms with Gasteiger partial charge >= 0.3 is 5.97 Å². The molecule has 0 spiro atoms. The molecule has 7 heteroatoms. The maximum absolute atomic E-state index is 11.4. The van der Waals surface area contributed by atoms with E-state index in [4.69, 9.17) is 21.1 Å². The Labute approximate surface area is 133 Å². The van der Waals surface area contributed by atoms with Crippen LogP contribution < -0.4 is 4.74 Å². The number of rotatable bonds is 5. The number of ether oxygens (including phenoxy) is 2. The van der Waals surface area contributed by atoms with Crippen LogP contribution in [0.2, 0.25) is 5.02 Å². The van der Waals surface area contributed by atoms with Gasteiger partial charge in [0, 0.05) is 17.8 Å². The van der Waals surface area contributed by atoms with Crippen molar-refractivity contribution < 1.29 is 14.3 Å². The first-order valence-corrected chi connectivity index (χ1v) is 7.01. The van der Waals surface area contributed by atoms with Crippen LogP contribution in [0.1, 0.15) is 13.8 Å². The maximum atomic E-state index is 11.4. The predicted octanol–water partition coefficient (Wildman–Crippen LogP) is 3.03. The lowest BCUT2D eigenvalue weighted by molar-refractivity contribution is -0.141.